The molecule has 0 fully saturated rings. The molecule has 0 aliphatic heterocycles. The predicted octanol–water partition coefficient (Wildman–Crippen LogP) is 1.43. The van der Waals surface area contributed by atoms with E-state index in [1.807, 2.05) is 20.8 Å². The zero-order valence-corrected chi connectivity index (χ0v) is 10.5. The van der Waals surface area contributed by atoms with Gasteiger partial charge >= 0.3 is 5.97 Å². The topological polar surface area (TPSA) is 90.4 Å². The van der Waals surface area contributed by atoms with Crippen molar-refractivity contribution >= 4 is 11.9 Å². The molecule has 0 saturated carbocycles. The first-order valence-corrected chi connectivity index (χ1v) is 4.89. The molecule has 0 aromatic rings. The van der Waals surface area contributed by atoms with Gasteiger partial charge in [0.25, 0.3) is 0 Å². The Balaban J connectivity index is 0. The first-order chi connectivity index (χ1) is 6.79. The van der Waals surface area contributed by atoms with Crippen LogP contribution in [-0.2, 0) is 14.3 Å². The van der Waals surface area contributed by atoms with Gasteiger partial charge in [0.05, 0.1) is 0 Å². The summed E-state index contributed by atoms with van der Waals surface area (Å²) >= 11 is 0. The van der Waals surface area contributed by atoms with Gasteiger partial charge in [0.2, 0.25) is 5.91 Å². The van der Waals surface area contributed by atoms with Crippen molar-refractivity contribution in [3.8, 4) is 0 Å². The molecule has 5 nitrogen and oxygen atoms in total. The zero-order valence-electron chi connectivity index (χ0n) is 10.5. The van der Waals surface area contributed by atoms with Crippen LogP contribution in [0.5, 0.6) is 0 Å². The Bertz CT molecular complexity index is 262. The van der Waals surface area contributed by atoms with Gasteiger partial charge in [0, 0.05) is 19.4 Å². The van der Waals surface area contributed by atoms with Crippen molar-refractivity contribution in [2.75, 3.05) is 6.54 Å². The molecule has 0 aromatic heterocycles. The Morgan fingerprint density at radius 1 is 1.50 bits per heavy atom. The van der Waals surface area contributed by atoms with Gasteiger partial charge in [0.15, 0.2) is 0 Å². The van der Waals surface area contributed by atoms with Crippen molar-refractivity contribution in [2.24, 2.45) is 5.92 Å². The number of hydrogen-bond donors (Lipinski definition) is 2. The normalized spacial score (nSPS) is 12.0. The van der Waals surface area contributed by atoms with E-state index in [1.165, 1.54) is 13.0 Å². The number of hydrogen-bond acceptors (Lipinski definition) is 4. The highest BCUT2D eigenvalue weighted by Crippen LogP contribution is 2.20. The molecule has 5 heteroatoms. The second-order valence-corrected chi connectivity index (χ2v) is 4.05. The minimum absolute atomic E-state index is 0. The van der Waals surface area contributed by atoms with Crippen molar-refractivity contribution in [1.82, 2.24) is 11.5 Å². The van der Waals surface area contributed by atoms with Crippen molar-refractivity contribution in [1.29, 1.82) is 0 Å². The van der Waals surface area contributed by atoms with E-state index in [9.17, 15) is 9.59 Å². The van der Waals surface area contributed by atoms with Crippen molar-refractivity contribution in [3.05, 3.63) is 12.7 Å². The summed E-state index contributed by atoms with van der Waals surface area (Å²) in [6, 6.07) is 0. The van der Waals surface area contributed by atoms with Gasteiger partial charge in [-0.25, -0.2) is 0 Å². The van der Waals surface area contributed by atoms with Gasteiger partial charge in [-0.2, -0.15) is 0 Å². The van der Waals surface area contributed by atoms with E-state index in [2.05, 4.69) is 11.9 Å². The summed E-state index contributed by atoms with van der Waals surface area (Å²) in [4.78, 5) is 21.8. The monoisotopic (exact) mass is 230 g/mol. The molecular formula is C11H22N2O3. The highest BCUT2D eigenvalue weighted by atomic mass is 16.6. The fourth-order valence-electron chi connectivity index (χ4n) is 1.04. The van der Waals surface area contributed by atoms with E-state index >= 15 is 0 Å². The smallest absolute Gasteiger partial charge is 0.303 e. The fourth-order valence-corrected chi connectivity index (χ4v) is 1.04. The van der Waals surface area contributed by atoms with Crippen molar-refractivity contribution in [2.45, 2.75) is 33.3 Å². The van der Waals surface area contributed by atoms with Gasteiger partial charge in [-0.1, -0.05) is 13.5 Å². The van der Waals surface area contributed by atoms with Crippen molar-refractivity contribution < 1.29 is 14.3 Å². The highest BCUT2D eigenvalue weighted by molar-refractivity contribution is 5.86. The molecule has 0 bridgehead atoms. The lowest BCUT2D eigenvalue weighted by molar-refractivity contribution is -0.158. The Hall–Kier alpha value is -1.36. The van der Waals surface area contributed by atoms with E-state index in [0.717, 1.165) is 0 Å². The molecule has 0 spiro atoms. The van der Waals surface area contributed by atoms with Crippen LogP contribution in [0.2, 0.25) is 0 Å². The number of amides is 1. The van der Waals surface area contributed by atoms with E-state index in [-0.39, 0.29) is 23.9 Å². The lowest BCUT2D eigenvalue weighted by Crippen LogP contribution is -2.41. The zero-order chi connectivity index (χ0) is 12.1. The molecule has 0 aliphatic rings. The average molecular weight is 230 g/mol. The maximum Gasteiger partial charge on any atom is 0.303 e. The summed E-state index contributed by atoms with van der Waals surface area (Å²) in [5, 5.41) is 2.66. The minimum atomic E-state index is -0.583. The molecule has 1 amide bonds. The molecule has 4 N–H and O–H groups in total. The van der Waals surface area contributed by atoms with Gasteiger partial charge in [-0.05, 0) is 19.9 Å². The number of nitrogens with one attached hydrogen (secondary N) is 1. The van der Waals surface area contributed by atoms with Crippen LogP contribution in [0.1, 0.15) is 27.7 Å². The Morgan fingerprint density at radius 2 is 2.00 bits per heavy atom. The molecule has 0 aliphatic carbocycles. The van der Waals surface area contributed by atoms with Gasteiger partial charge < -0.3 is 16.2 Å². The fraction of sp³-hybridized carbons (Fsp3) is 0.636. The summed E-state index contributed by atoms with van der Waals surface area (Å²) in [6.45, 7) is 10.7. The van der Waals surface area contributed by atoms with E-state index < -0.39 is 5.60 Å². The van der Waals surface area contributed by atoms with Crippen LogP contribution in [-0.4, -0.2) is 24.0 Å². The molecule has 1 atom stereocenters. The lowest BCUT2D eigenvalue weighted by atomic mass is 9.92. The van der Waals surface area contributed by atoms with Gasteiger partial charge in [0.1, 0.15) is 5.60 Å². The second-order valence-electron chi connectivity index (χ2n) is 4.05. The maximum absolute atomic E-state index is 10.9. The van der Waals surface area contributed by atoms with E-state index in [4.69, 9.17) is 4.74 Å². The second kappa shape index (κ2) is 7.00. The third-order valence-electron chi connectivity index (χ3n) is 2.36. The Labute approximate surface area is 96.8 Å². The largest absolute Gasteiger partial charge is 0.459 e. The van der Waals surface area contributed by atoms with Crippen LogP contribution in [0, 0.1) is 5.92 Å². The molecule has 94 valence electrons. The number of carbonyl (C=O) groups is 2. The average Bonchev–Trinajstić information content (AvgIpc) is 2.11. The summed E-state index contributed by atoms with van der Waals surface area (Å²) in [5.74, 6) is -0.507. The predicted molar refractivity (Wildman–Crippen MR) is 63.2 cm³/mol. The summed E-state index contributed by atoms with van der Waals surface area (Å²) < 4.78 is 5.15. The molecule has 0 rings (SSSR count). The van der Waals surface area contributed by atoms with Crippen LogP contribution >= 0.6 is 0 Å². The first kappa shape index (κ1) is 17.0. The van der Waals surface area contributed by atoms with E-state index in [1.54, 1.807) is 0 Å². The first-order valence-electron chi connectivity index (χ1n) is 4.89. The van der Waals surface area contributed by atoms with Gasteiger partial charge in [-0.3, -0.25) is 9.59 Å². The van der Waals surface area contributed by atoms with Crippen LogP contribution in [0.4, 0.5) is 0 Å². The third kappa shape index (κ3) is 6.19. The molecule has 0 radical (unpaired) electrons. The van der Waals surface area contributed by atoms with Crippen LogP contribution < -0.4 is 11.5 Å². The molecule has 16 heavy (non-hydrogen) atoms. The SMILES string of the molecule is C=CC(=O)NCC(C)C(C)(C)OC(C)=O.N. The Morgan fingerprint density at radius 3 is 2.38 bits per heavy atom. The quantitative estimate of drug-likeness (QED) is 0.552. The van der Waals surface area contributed by atoms with E-state index in [0.29, 0.717) is 6.54 Å². The maximum atomic E-state index is 10.9. The highest BCUT2D eigenvalue weighted by Gasteiger charge is 2.28. The number of rotatable bonds is 5. The summed E-state index contributed by atoms with van der Waals surface area (Å²) in [5.41, 5.74) is -0.583. The van der Waals surface area contributed by atoms with Crippen LogP contribution in [0.15, 0.2) is 12.7 Å². The van der Waals surface area contributed by atoms with Crippen LogP contribution in [0.25, 0.3) is 0 Å². The third-order valence-corrected chi connectivity index (χ3v) is 2.36. The van der Waals surface area contributed by atoms with Crippen molar-refractivity contribution in [3.63, 3.8) is 0 Å². The molecule has 0 saturated heterocycles. The standard InChI is InChI=1S/C11H19NO3.H3N/c1-6-10(14)12-7-8(2)11(4,5)15-9(3)13;/h6,8H,1,7H2,2-5H3,(H,12,14);1H3. The summed E-state index contributed by atoms with van der Waals surface area (Å²) in [6.07, 6.45) is 1.21. The lowest BCUT2D eigenvalue weighted by Gasteiger charge is -2.31. The Kier molecular flexibility index (Phi) is 7.46. The molecule has 0 aromatic carbocycles. The van der Waals surface area contributed by atoms with Gasteiger partial charge in [-0.15, -0.1) is 0 Å². The number of esters is 1. The molecule has 1 unspecified atom stereocenters. The number of carbonyl (C=O) groups excluding carboxylic acids is 2. The number of ether oxygens (including phenoxy) is 1. The van der Waals surface area contributed by atoms with Crippen LogP contribution in [0.3, 0.4) is 0 Å². The molecule has 0 heterocycles. The summed E-state index contributed by atoms with van der Waals surface area (Å²) in [7, 11) is 0. The minimum Gasteiger partial charge on any atom is -0.459 e. The molecular weight excluding hydrogens is 208 g/mol.